The molecule has 1 heterocycles. The van der Waals surface area contributed by atoms with Gasteiger partial charge in [0.2, 0.25) is 5.91 Å². The van der Waals surface area contributed by atoms with Gasteiger partial charge in [-0.3, -0.25) is 9.59 Å². The summed E-state index contributed by atoms with van der Waals surface area (Å²) in [6.07, 6.45) is 1.33. The van der Waals surface area contributed by atoms with E-state index in [4.69, 9.17) is 10.5 Å². The maximum absolute atomic E-state index is 12.6. The Labute approximate surface area is 151 Å². The number of benzene rings is 2. The van der Waals surface area contributed by atoms with Gasteiger partial charge in [0, 0.05) is 30.6 Å². The van der Waals surface area contributed by atoms with E-state index >= 15 is 0 Å². The molecule has 0 unspecified atom stereocenters. The van der Waals surface area contributed by atoms with E-state index < -0.39 is 24.0 Å². The molecule has 1 aromatic heterocycles. The van der Waals surface area contributed by atoms with Gasteiger partial charge in [0.1, 0.15) is 6.04 Å². The number of nitrogens with two attached hydrogens (primary N) is 1. The number of amides is 2. The van der Waals surface area contributed by atoms with Gasteiger partial charge < -0.3 is 20.8 Å². The van der Waals surface area contributed by atoms with Crippen LogP contribution in [-0.2, 0) is 20.7 Å². The topological polar surface area (TPSA) is 97.2 Å². The first kappa shape index (κ1) is 17.7. The lowest BCUT2D eigenvalue weighted by molar-refractivity contribution is -0.134. The molecule has 3 aromatic rings. The molecular weight excluding hydrogens is 330 g/mol. The molecule has 2 amide bonds. The summed E-state index contributed by atoms with van der Waals surface area (Å²) < 4.78 is 5.31. The maximum Gasteiger partial charge on any atom is 0.254 e. The van der Waals surface area contributed by atoms with Crippen molar-refractivity contribution in [3.05, 3.63) is 71.9 Å². The van der Waals surface area contributed by atoms with Crippen molar-refractivity contribution in [2.45, 2.75) is 18.6 Å². The Hall–Kier alpha value is -3.12. The lowest BCUT2D eigenvalue weighted by Gasteiger charge is -2.20. The average Bonchev–Trinajstić information content (AvgIpc) is 3.06. The summed E-state index contributed by atoms with van der Waals surface area (Å²) in [6, 6.07) is 16.0. The van der Waals surface area contributed by atoms with Gasteiger partial charge >= 0.3 is 0 Å². The summed E-state index contributed by atoms with van der Waals surface area (Å²) in [7, 11) is 1.45. The number of nitrogens with one attached hydrogen (secondary N) is 2. The summed E-state index contributed by atoms with van der Waals surface area (Å²) in [6.45, 7) is 0. The van der Waals surface area contributed by atoms with Crippen LogP contribution in [0.15, 0.2) is 60.8 Å². The number of H-pyrrole nitrogens is 1. The molecule has 0 saturated heterocycles. The molecule has 134 valence electrons. The summed E-state index contributed by atoms with van der Waals surface area (Å²) in [5, 5.41) is 3.72. The predicted octanol–water partition coefficient (Wildman–Crippen LogP) is 2.07. The number of methoxy groups -OCH3 is 1. The monoisotopic (exact) mass is 351 g/mol. The number of hydrogen-bond donors (Lipinski definition) is 3. The lowest BCUT2D eigenvalue weighted by atomic mass is 10.0. The van der Waals surface area contributed by atoms with Gasteiger partial charge in [-0.1, -0.05) is 48.5 Å². The smallest absolute Gasteiger partial charge is 0.254 e. The minimum absolute atomic E-state index is 0.302. The van der Waals surface area contributed by atoms with Crippen molar-refractivity contribution in [1.82, 2.24) is 10.3 Å². The third kappa shape index (κ3) is 3.75. The van der Waals surface area contributed by atoms with Crippen LogP contribution < -0.4 is 11.1 Å². The van der Waals surface area contributed by atoms with Crippen molar-refractivity contribution < 1.29 is 14.3 Å². The van der Waals surface area contributed by atoms with Crippen molar-refractivity contribution >= 4 is 22.7 Å². The second kappa shape index (κ2) is 7.84. The molecule has 2 aromatic carbocycles. The molecule has 0 aliphatic heterocycles. The molecule has 0 aliphatic carbocycles. The van der Waals surface area contributed by atoms with Crippen molar-refractivity contribution in [1.29, 1.82) is 0 Å². The lowest BCUT2D eigenvalue weighted by Crippen LogP contribution is -2.47. The van der Waals surface area contributed by atoms with Gasteiger partial charge in [0.05, 0.1) is 0 Å². The fourth-order valence-electron chi connectivity index (χ4n) is 3.01. The van der Waals surface area contributed by atoms with Crippen LogP contribution in [0.4, 0.5) is 0 Å². The number of carbonyl (C=O) groups excluding carboxylic acids is 2. The molecule has 0 aliphatic rings. The first-order valence-electron chi connectivity index (χ1n) is 8.32. The molecule has 0 radical (unpaired) electrons. The van der Waals surface area contributed by atoms with E-state index in [1.807, 2.05) is 48.7 Å². The fraction of sp³-hybridized carbons (Fsp3) is 0.200. The first-order valence-corrected chi connectivity index (χ1v) is 8.32. The SMILES string of the molecule is CO[C@H](C(=O)N[C@@H](Cc1c[nH]c2ccccc12)C(N)=O)c1ccccc1. The number of hydrogen-bond acceptors (Lipinski definition) is 3. The Morgan fingerprint density at radius 1 is 1.12 bits per heavy atom. The summed E-state index contributed by atoms with van der Waals surface area (Å²) in [5.41, 5.74) is 8.12. The Kier molecular flexibility index (Phi) is 5.34. The zero-order chi connectivity index (χ0) is 18.5. The van der Waals surface area contributed by atoms with E-state index in [0.717, 1.165) is 16.5 Å². The van der Waals surface area contributed by atoms with Crippen LogP contribution in [0.2, 0.25) is 0 Å². The Balaban J connectivity index is 1.78. The van der Waals surface area contributed by atoms with Gasteiger partial charge in [-0.15, -0.1) is 0 Å². The Morgan fingerprint density at radius 2 is 1.81 bits per heavy atom. The molecule has 26 heavy (non-hydrogen) atoms. The van der Waals surface area contributed by atoms with Gasteiger partial charge in [-0.05, 0) is 17.2 Å². The van der Waals surface area contributed by atoms with Crippen LogP contribution >= 0.6 is 0 Å². The molecule has 2 atom stereocenters. The second-order valence-corrected chi connectivity index (χ2v) is 6.05. The quantitative estimate of drug-likeness (QED) is 0.608. The largest absolute Gasteiger partial charge is 0.368 e. The zero-order valence-electron chi connectivity index (χ0n) is 14.4. The number of primary amides is 1. The summed E-state index contributed by atoms with van der Waals surface area (Å²) in [5.74, 6) is -0.992. The van der Waals surface area contributed by atoms with Crippen LogP contribution in [0.1, 0.15) is 17.2 Å². The number of para-hydroxylation sites is 1. The van der Waals surface area contributed by atoms with Crippen molar-refractivity contribution in [3.8, 4) is 0 Å². The number of carbonyl (C=O) groups is 2. The van der Waals surface area contributed by atoms with Crippen LogP contribution in [0, 0.1) is 0 Å². The predicted molar refractivity (Wildman–Crippen MR) is 99.3 cm³/mol. The van der Waals surface area contributed by atoms with Crippen LogP contribution in [-0.4, -0.2) is 29.9 Å². The van der Waals surface area contributed by atoms with E-state index in [9.17, 15) is 9.59 Å². The summed E-state index contributed by atoms with van der Waals surface area (Å²) >= 11 is 0. The molecular formula is C20H21N3O3. The average molecular weight is 351 g/mol. The van der Waals surface area contributed by atoms with Crippen LogP contribution in [0.25, 0.3) is 10.9 Å². The van der Waals surface area contributed by atoms with Crippen molar-refractivity contribution in [2.75, 3.05) is 7.11 Å². The molecule has 0 fully saturated rings. The molecule has 6 heteroatoms. The summed E-state index contributed by atoms with van der Waals surface area (Å²) in [4.78, 5) is 27.7. The van der Waals surface area contributed by atoms with Crippen molar-refractivity contribution in [2.24, 2.45) is 5.73 Å². The highest BCUT2D eigenvalue weighted by Gasteiger charge is 2.26. The Bertz CT molecular complexity index is 905. The van der Waals surface area contributed by atoms with Gasteiger partial charge in [-0.25, -0.2) is 0 Å². The van der Waals surface area contributed by atoms with E-state index in [2.05, 4.69) is 10.3 Å². The highest BCUT2D eigenvalue weighted by molar-refractivity contribution is 5.90. The normalized spacial score (nSPS) is 13.3. The minimum Gasteiger partial charge on any atom is -0.368 e. The van der Waals surface area contributed by atoms with E-state index in [-0.39, 0.29) is 0 Å². The van der Waals surface area contributed by atoms with Gasteiger partial charge in [0.15, 0.2) is 6.10 Å². The molecule has 3 rings (SSSR count). The highest BCUT2D eigenvalue weighted by Crippen LogP contribution is 2.20. The number of aromatic nitrogens is 1. The molecule has 0 spiro atoms. The number of ether oxygens (including phenoxy) is 1. The Morgan fingerprint density at radius 3 is 2.50 bits per heavy atom. The molecule has 6 nitrogen and oxygen atoms in total. The van der Waals surface area contributed by atoms with Gasteiger partial charge in [-0.2, -0.15) is 0 Å². The van der Waals surface area contributed by atoms with E-state index in [0.29, 0.717) is 12.0 Å². The molecule has 0 bridgehead atoms. The van der Waals surface area contributed by atoms with Gasteiger partial charge in [0.25, 0.3) is 5.91 Å². The highest BCUT2D eigenvalue weighted by atomic mass is 16.5. The first-order chi connectivity index (χ1) is 12.6. The van der Waals surface area contributed by atoms with Crippen LogP contribution in [0.5, 0.6) is 0 Å². The third-order valence-electron chi connectivity index (χ3n) is 4.34. The van der Waals surface area contributed by atoms with E-state index in [1.165, 1.54) is 7.11 Å². The second-order valence-electron chi connectivity index (χ2n) is 6.05. The maximum atomic E-state index is 12.6. The zero-order valence-corrected chi connectivity index (χ0v) is 14.4. The third-order valence-corrected chi connectivity index (χ3v) is 4.34. The fourth-order valence-corrected chi connectivity index (χ4v) is 3.01. The minimum atomic E-state index is -0.830. The van der Waals surface area contributed by atoms with Crippen molar-refractivity contribution in [3.63, 3.8) is 0 Å². The standard InChI is InChI=1S/C20H21N3O3/c1-26-18(13-7-3-2-4-8-13)20(25)23-17(19(21)24)11-14-12-22-16-10-6-5-9-15(14)16/h2-10,12,17-18,22H,11H2,1H3,(H2,21,24)(H,23,25)/t17-,18-/m0/s1. The number of fused-ring (bicyclic) bond motifs is 1. The number of rotatable bonds is 7. The van der Waals surface area contributed by atoms with Crippen LogP contribution in [0.3, 0.4) is 0 Å². The molecule has 0 saturated carbocycles. The molecule has 4 N–H and O–H groups in total. The number of aromatic amines is 1. The van der Waals surface area contributed by atoms with E-state index in [1.54, 1.807) is 12.1 Å².